The van der Waals surface area contributed by atoms with E-state index in [0.717, 1.165) is 5.01 Å². The fourth-order valence-corrected chi connectivity index (χ4v) is 0.710. The fourth-order valence-electron chi connectivity index (χ4n) is 0.646. The molecule has 0 aliphatic heterocycles. The quantitative estimate of drug-likeness (QED) is 0.269. The summed E-state index contributed by atoms with van der Waals surface area (Å²) in [6.45, 7) is 2.29. The summed E-state index contributed by atoms with van der Waals surface area (Å²) in [5.74, 6) is 0. The molecule has 0 spiro atoms. The molecule has 0 bridgehead atoms. The van der Waals surface area contributed by atoms with Crippen molar-refractivity contribution >= 4 is 17.3 Å². The average Bonchev–Trinajstić information content (AvgIpc) is 1.96. The molecule has 70 valence electrons. The van der Waals surface area contributed by atoms with Gasteiger partial charge < -0.3 is 11.1 Å². The monoisotopic (exact) mass is 192 g/mol. The second-order valence-corrected chi connectivity index (χ2v) is 2.61. The van der Waals surface area contributed by atoms with E-state index in [1.807, 2.05) is 6.92 Å². The van der Waals surface area contributed by atoms with Crippen molar-refractivity contribution in [2.45, 2.75) is 13.3 Å². The zero-order chi connectivity index (χ0) is 9.56. The molecule has 0 saturated carbocycles. The Labute approximate surface area is 75.8 Å². The van der Waals surface area contributed by atoms with E-state index in [-0.39, 0.29) is 11.8 Å². The van der Waals surface area contributed by atoms with E-state index < -0.39 is 5.03 Å². The van der Waals surface area contributed by atoms with E-state index >= 15 is 0 Å². The van der Waals surface area contributed by atoms with Crippen molar-refractivity contribution in [1.29, 1.82) is 0 Å². The predicted molar refractivity (Wildman–Crippen MR) is 48.8 cm³/mol. The van der Waals surface area contributed by atoms with Gasteiger partial charge in [0, 0.05) is 0 Å². The SMILES string of the molecule is CCCN(CNC(N)=S)[N+](=O)[O-]. The predicted octanol–water partition coefficient (Wildman–Crippen LogP) is -0.319. The number of hydrogen-bond acceptors (Lipinski definition) is 3. The number of thiocarbonyl (C=S) groups is 1. The Hall–Kier alpha value is -1.11. The van der Waals surface area contributed by atoms with E-state index in [9.17, 15) is 10.1 Å². The number of rotatable bonds is 5. The van der Waals surface area contributed by atoms with Crippen LogP contribution in [0.1, 0.15) is 13.3 Å². The van der Waals surface area contributed by atoms with E-state index in [4.69, 9.17) is 5.73 Å². The molecule has 0 rings (SSSR count). The van der Waals surface area contributed by atoms with Gasteiger partial charge in [0.25, 0.3) is 0 Å². The number of hydrogen-bond donors (Lipinski definition) is 2. The van der Waals surface area contributed by atoms with E-state index in [0.29, 0.717) is 13.0 Å². The van der Waals surface area contributed by atoms with Crippen molar-refractivity contribution in [3.63, 3.8) is 0 Å². The topological polar surface area (TPSA) is 84.4 Å². The minimum Gasteiger partial charge on any atom is -0.376 e. The van der Waals surface area contributed by atoms with Crippen LogP contribution in [0.5, 0.6) is 0 Å². The molecule has 0 amide bonds. The lowest BCUT2D eigenvalue weighted by Gasteiger charge is -2.13. The number of hydrazine groups is 1. The third-order valence-electron chi connectivity index (χ3n) is 1.15. The molecule has 0 fully saturated rings. The fraction of sp³-hybridized carbons (Fsp3) is 0.800. The summed E-state index contributed by atoms with van der Waals surface area (Å²) in [5, 5.41) is 13.4. The number of nitro groups is 1. The third kappa shape index (κ3) is 4.67. The summed E-state index contributed by atoms with van der Waals surface area (Å²) in [6, 6.07) is 0. The number of nitrogens with two attached hydrogens (primary N) is 1. The van der Waals surface area contributed by atoms with Gasteiger partial charge in [-0.3, -0.25) is 0 Å². The minimum atomic E-state index is -0.477. The molecule has 6 nitrogen and oxygen atoms in total. The van der Waals surface area contributed by atoms with Gasteiger partial charge in [-0.2, -0.15) is 0 Å². The Kier molecular flexibility index (Phi) is 5.02. The summed E-state index contributed by atoms with van der Waals surface area (Å²) >= 11 is 4.50. The van der Waals surface area contributed by atoms with Gasteiger partial charge in [-0.25, -0.2) is 10.1 Å². The normalized spacial score (nSPS) is 9.08. The molecular weight excluding hydrogens is 180 g/mol. The first-order valence-electron chi connectivity index (χ1n) is 3.50. The van der Waals surface area contributed by atoms with Gasteiger partial charge in [-0.05, 0) is 18.6 Å². The zero-order valence-corrected chi connectivity index (χ0v) is 7.63. The minimum absolute atomic E-state index is 0.0518. The lowest BCUT2D eigenvalue weighted by atomic mass is 10.5. The van der Waals surface area contributed by atoms with Crippen LogP contribution >= 0.6 is 12.2 Å². The van der Waals surface area contributed by atoms with Gasteiger partial charge in [0.15, 0.2) is 10.1 Å². The number of nitrogens with zero attached hydrogens (tertiary/aromatic N) is 2. The highest BCUT2D eigenvalue weighted by Crippen LogP contribution is 1.88. The van der Waals surface area contributed by atoms with Crippen molar-refractivity contribution in [3.8, 4) is 0 Å². The van der Waals surface area contributed by atoms with Gasteiger partial charge in [0.05, 0.1) is 6.54 Å². The third-order valence-corrected chi connectivity index (χ3v) is 1.29. The Morgan fingerprint density at radius 2 is 2.42 bits per heavy atom. The second-order valence-electron chi connectivity index (χ2n) is 2.17. The Balaban J connectivity index is 3.79. The average molecular weight is 192 g/mol. The molecule has 12 heavy (non-hydrogen) atoms. The first-order valence-corrected chi connectivity index (χ1v) is 3.91. The Bertz CT molecular complexity index is 175. The van der Waals surface area contributed by atoms with Crippen LogP contribution in [0.4, 0.5) is 0 Å². The smallest absolute Gasteiger partial charge is 0.165 e. The van der Waals surface area contributed by atoms with Gasteiger partial charge in [0.2, 0.25) is 0 Å². The van der Waals surface area contributed by atoms with Crippen LogP contribution in [0.15, 0.2) is 0 Å². The molecule has 0 aromatic carbocycles. The summed E-state index contributed by atoms with van der Waals surface area (Å²) < 4.78 is 0. The van der Waals surface area contributed by atoms with Crippen molar-refractivity contribution in [1.82, 2.24) is 10.3 Å². The van der Waals surface area contributed by atoms with Crippen LogP contribution in [0.25, 0.3) is 0 Å². The molecule has 0 unspecified atom stereocenters. The molecule has 0 heterocycles. The van der Waals surface area contributed by atoms with Gasteiger partial charge >= 0.3 is 0 Å². The van der Waals surface area contributed by atoms with Gasteiger partial charge in [-0.1, -0.05) is 6.92 Å². The molecule has 7 heteroatoms. The molecule has 0 atom stereocenters. The molecule has 0 aliphatic carbocycles. The number of nitrogens with one attached hydrogen (secondary N) is 1. The highest BCUT2D eigenvalue weighted by atomic mass is 32.1. The molecule has 0 aromatic rings. The van der Waals surface area contributed by atoms with Crippen LogP contribution in [-0.4, -0.2) is 28.4 Å². The highest BCUT2D eigenvalue weighted by Gasteiger charge is 2.11. The first kappa shape index (κ1) is 10.9. The Morgan fingerprint density at radius 3 is 2.75 bits per heavy atom. The van der Waals surface area contributed by atoms with Crippen molar-refractivity contribution < 1.29 is 5.03 Å². The maximum absolute atomic E-state index is 10.3. The summed E-state index contributed by atoms with van der Waals surface area (Å²) in [4.78, 5) is 10.3. The van der Waals surface area contributed by atoms with Crippen LogP contribution < -0.4 is 11.1 Å². The van der Waals surface area contributed by atoms with Crippen LogP contribution in [-0.2, 0) is 0 Å². The maximum atomic E-state index is 10.3. The Morgan fingerprint density at radius 1 is 1.83 bits per heavy atom. The maximum Gasteiger partial charge on any atom is 0.165 e. The first-order chi connectivity index (χ1) is 5.57. The molecule has 0 saturated heterocycles. The van der Waals surface area contributed by atoms with Crippen molar-refractivity contribution in [2.24, 2.45) is 5.73 Å². The van der Waals surface area contributed by atoms with Crippen LogP contribution in [0.2, 0.25) is 0 Å². The molecule has 0 radical (unpaired) electrons. The molecule has 0 aliphatic rings. The molecule has 3 N–H and O–H groups in total. The molecular formula is C5H12N4O2S. The molecule has 0 aromatic heterocycles. The lowest BCUT2D eigenvalue weighted by Crippen LogP contribution is -2.43. The standard InChI is InChI=1S/C5H12N4O2S/c1-2-3-8(9(10)11)4-7-5(6)12/h2-4H2,1H3,(H3,6,7,12). The van der Waals surface area contributed by atoms with Crippen molar-refractivity contribution in [2.75, 3.05) is 13.2 Å². The van der Waals surface area contributed by atoms with E-state index in [1.165, 1.54) is 0 Å². The van der Waals surface area contributed by atoms with Crippen LogP contribution in [0.3, 0.4) is 0 Å². The summed E-state index contributed by atoms with van der Waals surface area (Å²) in [7, 11) is 0. The van der Waals surface area contributed by atoms with Gasteiger partial charge in [-0.15, -0.1) is 5.01 Å². The lowest BCUT2D eigenvalue weighted by molar-refractivity contribution is -0.656. The van der Waals surface area contributed by atoms with Gasteiger partial charge in [0.1, 0.15) is 6.67 Å². The summed E-state index contributed by atoms with van der Waals surface area (Å²) in [6.07, 6.45) is 0.708. The van der Waals surface area contributed by atoms with Crippen LogP contribution in [0, 0.1) is 10.1 Å². The van der Waals surface area contributed by atoms with E-state index in [1.54, 1.807) is 0 Å². The van der Waals surface area contributed by atoms with Crippen molar-refractivity contribution in [3.05, 3.63) is 10.1 Å². The highest BCUT2D eigenvalue weighted by molar-refractivity contribution is 7.80. The zero-order valence-electron chi connectivity index (χ0n) is 6.82. The summed E-state index contributed by atoms with van der Waals surface area (Å²) in [5.41, 5.74) is 5.11. The largest absolute Gasteiger partial charge is 0.376 e. The van der Waals surface area contributed by atoms with E-state index in [2.05, 4.69) is 17.5 Å². The second kappa shape index (κ2) is 5.53.